The van der Waals surface area contributed by atoms with E-state index in [-0.39, 0.29) is 42.7 Å². The first-order valence-electron chi connectivity index (χ1n) is 17.5. The van der Waals surface area contributed by atoms with Gasteiger partial charge in [0.15, 0.2) is 6.29 Å². The number of aliphatic hydroxyl groups is 3. The summed E-state index contributed by atoms with van der Waals surface area (Å²) >= 11 is 0. The van der Waals surface area contributed by atoms with Gasteiger partial charge < -0.3 is 50.1 Å². The minimum atomic E-state index is -1.50. The lowest BCUT2D eigenvalue weighted by molar-refractivity contribution is -0.299. The van der Waals surface area contributed by atoms with Gasteiger partial charge in [0.1, 0.15) is 6.10 Å². The molecule has 5 N–H and O–H groups in total. The molecule has 0 aromatic rings. The first-order valence-corrected chi connectivity index (χ1v) is 17.5. The van der Waals surface area contributed by atoms with Crippen LogP contribution < -0.4 is 10.6 Å². The molecule has 0 bridgehead atoms. The van der Waals surface area contributed by atoms with Gasteiger partial charge >= 0.3 is 0 Å². The van der Waals surface area contributed by atoms with Crippen LogP contribution in [0.4, 0.5) is 0 Å². The Labute approximate surface area is 288 Å². The number of nitrogens with zero attached hydrogens (tertiary/aromatic N) is 3. The van der Waals surface area contributed by atoms with Crippen LogP contribution in [-0.2, 0) is 23.9 Å². The summed E-state index contributed by atoms with van der Waals surface area (Å²) in [4.78, 5) is 44.4. The van der Waals surface area contributed by atoms with E-state index in [2.05, 4.69) is 10.6 Å². The predicted molar refractivity (Wildman–Crippen MR) is 185 cm³/mol. The molecule has 11 atom stereocenters. The fourth-order valence-electron chi connectivity index (χ4n) is 6.96. The number of carbonyl (C=O) groups is 3. The van der Waals surface area contributed by atoms with Gasteiger partial charge in [0.05, 0.1) is 29.8 Å². The molecule has 278 valence electrons. The lowest BCUT2D eigenvalue weighted by Gasteiger charge is -2.46. The Morgan fingerprint density at radius 1 is 1.12 bits per heavy atom. The van der Waals surface area contributed by atoms with Crippen molar-refractivity contribution in [1.29, 1.82) is 0 Å². The third-order valence-electron chi connectivity index (χ3n) is 9.67. The zero-order chi connectivity index (χ0) is 36.3. The van der Waals surface area contributed by atoms with Gasteiger partial charge in [0.25, 0.3) is 0 Å². The fourth-order valence-corrected chi connectivity index (χ4v) is 6.96. The number of aliphatic hydroxyl groups excluding tert-OH is 2. The van der Waals surface area contributed by atoms with Gasteiger partial charge in [-0.3, -0.25) is 14.4 Å². The molecular formula is C35H65N5O8. The smallest absolute Gasteiger partial charge is 0.243 e. The van der Waals surface area contributed by atoms with Crippen LogP contribution in [0, 0.1) is 17.8 Å². The van der Waals surface area contributed by atoms with Crippen molar-refractivity contribution in [2.75, 3.05) is 54.9 Å². The molecule has 13 nitrogen and oxygen atoms in total. The van der Waals surface area contributed by atoms with Crippen LogP contribution in [0.1, 0.15) is 73.1 Å². The number of hydrogen-bond donors (Lipinski definition) is 5. The van der Waals surface area contributed by atoms with E-state index in [1.807, 2.05) is 51.8 Å². The molecular weight excluding hydrogens is 618 g/mol. The summed E-state index contributed by atoms with van der Waals surface area (Å²) in [6, 6.07) is -0.694. The molecule has 2 rings (SSSR count). The largest absolute Gasteiger partial charge is 0.392 e. The first-order chi connectivity index (χ1) is 22.3. The summed E-state index contributed by atoms with van der Waals surface area (Å²) in [5.74, 6) is -2.47. The Morgan fingerprint density at radius 3 is 2.42 bits per heavy atom. The second kappa shape index (κ2) is 19.3. The predicted octanol–water partition coefficient (Wildman–Crippen LogP) is 0.959. The molecule has 48 heavy (non-hydrogen) atoms. The van der Waals surface area contributed by atoms with Crippen molar-refractivity contribution >= 4 is 17.7 Å². The van der Waals surface area contributed by atoms with E-state index in [1.165, 1.54) is 6.08 Å². The Kier molecular flexibility index (Phi) is 16.9. The summed E-state index contributed by atoms with van der Waals surface area (Å²) in [7, 11) is 9.32. The van der Waals surface area contributed by atoms with Crippen LogP contribution in [0.15, 0.2) is 12.2 Å². The second-order valence-corrected chi connectivity index (χ2v) is 15.1. The average Bonchev–Trinajstić information content (AvgIpc) is 2.98. The van der Waals surface area contributed by atoms with E-state index in [9.17, 15) is 29.7 Å². The fraction of sp³-hybridized carbons (Fsp3) is 0.857. The van der Waals surface area contributed by atoms with Crippen molar-refractivity contribution < 1.29 is 39.2 Å². The van der Waals surface area contributed by atoms with E-state index in [1.54, 1.807) is 38.8 Å². The molecule has 0 spiro atoms. The summed E-state index contributed by atoms with van der Waals surface area (Å²) in [5.41, 5.74) is -1.50. The van der Waals surface area contributed by atoms with Crippen LogP contribution in [0.25, 0.3) is 0 Å². The van der Waals surface area contributed by atoms with Crippen LogP contribution in [-0.4, -0.2) is 151 Å². The molecule has 3 amide bonds. The van der Waals surface area contributed by atoms with Crippen molar-refractivity contribution in [1.82, 2.24) is 25.3 Å². The normalized spacial score (nSPS) is 36.4. The topological polar surface area (TPSA) is 164 Å². The maximum atomic E-state index is 13.6. The summed E-state index contributed by atoms with van der Waals surface area (Å²) in [6.45, 7) is 10.4. The molecule has 0 aliphatic carbocycles. The van der Waals surface area contributed by atoms with Crippen molar-refractivity contribution in [3.05, 3.63) is 12.2 Å². The Morgan fingerprint density at radius 2 is 1.79 bits per heavy atom. The van der Waals surface area contributed by atoms with Gasteiger partial charge in [-0.1, -0.05) is 26.8 Å². The molecule has 2 fully saturated rings. The zero-order valence-corrected chi connectivity index (χ0v) is 31.0. The summed E-state index contributed by atoms with van der Waals surface area (Å²) < 4.78 is 12.5. The number of hydrogen-bond acceptors (Lipinski definition) is 10. The average molecular weight is 684 g/mol. The number of ether oxygens (including phenoxy) is 2. The van der Waals surface area contributed by atoms with E-state index in [0.717, 1.165) is 0 Å². The van der Waals surface area contributed by atoms with Crippen LogP contribution in [0.2, 0.25) is 0 Å². The molecule has 0 aromatic heterocycles. The second-order valence-electron chi connectivity index (χ2n) is 15.1. The lowest BCUT2D eigenvalue weighted by atomic mass is 9.77. The van der Waals surface area contributed by atoms with Gasteiger partial charge in [-0.25, -0.2) is 0 Å². The molecule has 2 aliphatic heterocycles. The van der Waals surface area contributed by atoms with E-state index >= 15 is 0 Å². The standard InChI is InChI=1S/C35H65N5O8/c1-22-20-35(5,46)32(48-34-31(44)27(39(8)9)18-23(2)47-34)24(3)30(43)25(4)33(45)37-26(19-29(42)40(10)21-22)14-11-12-16-36-28(41)15-13-17-38(6)7/h13,15,22-27,30-32,34,43-44,46H,11-12,14,16-21H2,1-10H3,(H,36,41)(H,37,45)/b15-13+/t22-,23-,24+,25-,26+,27+,30+,31-,32-,34+,35-/m1/s1. The first kappa shape index (κ1) is 42.0. The third kappa shape index (κ3) is 13.0. The zero-order valence-electron chi connectivity index (χ0n) is 31.0. The molecule has 0 unspecified atom stereocenters. The number of rotatable bonds is 11. The highest BCUT2D eigenvalue weighted by molar-refractivity contribution is 5.87. The van der Waals surface area contributed by atoms with Gasteiger partial charge in [-0.15, -0.1) is 0 Å². The summed E-state index contributed by atoms with van der Waals surface area (Å²) in [5, 5.41) is 40.6. The number of unbranched alkanes of at least 4 members (excludes halogenated alkanes) is 1. The number of carbonyl (C=O) groups excluding carboxylic acids is 3. The van der Waals surface area contributed by atoms with Gasteiger partial charge in [0, 0.05) is 57.2 Å². The number of amides is 3. The maximum Gasteiger partial charge on any atom is 0.243 e. The Balaban J connectivity index is 2.23. The quantitative estimate of drug-likeness (QED) is 0.157. The van der Waals surface area contributed by atoms with Crippen LogP contribution in [0.3, 0.4) is 0 Å². The van der Waals surface area contributed by atoms with E-state index < -0.39 is 54.0 Å². The van der Waals surface area contributed by atoms with Crippen molar-refractivity contribution in [3.63, 3.8) is 0 Å². The maximum absolute atomic E-state index is 13.6. The highest BCUT2D eigenvalue weighted by Crippen LogP contribution is 2.35. The van der Waals surface area contributed by atoms with Gasteiger partial charge in [0.2, 0.25) is 17.7 Å². The highest BCUT2D eigenvalue weighted by Gasteiger charge is 2.47. The van der Waals surface area contributed by atoms with Gasteiger partial charge in [-0.2, -0.15) is 0 Å². The lowest BCUT2D eigenvalue weighted by Crippen LogP contribution is -2.59. The SMILES string of the molecule is C[C@H]1CN(C)C(=O)C[C@H](CCCCNC(=O)/C=C/CN(C)C)NC(=O)[C@H](C)[C@@H](O)[C@H](C)[C@@H](O[C@@H]2O[C@H](C)C[C@H](N(C)C)[C@H]2O)[C@](C)(O)C1. The van der Waals surface area contributed by atoms with Crippen molar-refractivity contribution in [2.24, 2.45) is 17.8 Å². The minimum Gasteiger partial charge on any atom is -0.392 e. The van der Waals surface area contributed by atoms with Crippen LogP contribution >= 0.6 is 0 Å². The molecule has 0 saturated carbocycles. The van der Waals surface area contributed by atoms with E-state index in [4.69, 9.17) is 9.47 Å². The number of nitrogens with one attached hydrogen (secondary N) is 2. The van der Waals surface area contributed by atoms with Gasteiger partial charge in [-0.05, 0) is 80.1 Å². The number of likely N-dealkylation sites (N-methyl/N-ethyl adjacent to an activating group) is 2. The molecule has 2 saturated heterocycles. The summed E-state index contributed by atoms with van der Waals surface area (Å²) in [6.07, 6.45) is 1.62. The third-order valence-corrected chi connectivity index (χ3v) is 9.67. The molecule has 0 radical (unpaired) electrons. The molecule has 0 aromatic carbocycles. The van der Waals surface area contributed by atoms with E-state index in [0.29, 0.717) is 45.3 Å². The van der Waals surface area contributed by atoms with Crippen molar-refractivity contribution in [3.8, 4) is 0 Å². The Hall–Kier alpha value is -2.13. The van der Waals surface area contributed by atoms with Crippen LogP contribution in [0.5, 0.6) is 0 Å². The minimum absolute atomic E-state index is 0.0945. The molecule has 2 heterocycles. The monoisotopic (exact) mass is 683 g/mol. The Bertz CT molecular complexity index is 1060. The van der Waals surface area contributed by atoms with Crippen molar-refractivity contribution in [2.45, 2.75) is 122 Å². The molecule has 13 heteroatoms. The highest BCUT2D eigenvalue weighted by atomic mass is 16.7. The molecule has 2 aliphatic rings.